The van der Waals surface area contributed by atoms with E-state index in [0.29, 0.717) is 17.0 Å². The van der Waals surface area contributed by atoms with E-state index in [4.69, 9.17) is 0 Å². The SMILES string of the molecule is CCCCn1ccc2cc(-c3cc(-c4noc(C(F)(F)F)n4)ccn3)ncc21. The molecule has 0 aliphatic heterocycles. The Morgan fingerprint density at radius 1 is 1.11 bits per heavy atom. The summed E-state index contributed by atoms with van der Waals surface area (Å²) in [7, 11) is 0. The van der Waals surface area contributed by atoms with Gasteiger partial charge in [0.15, 0.2) is 0 Å². The molecule has 0 aliphatic carbocycles. The maximum Gasteiger partial charge on any atom is 0.471 e. The predicted molar refractivity (Wildman–Crippen MR) is 96.2 cm³/mol. The molecule has 28 heavy (non-hydrogen) atoms. The molecule has 9 heteroatoms. The average molecular weight is 387 g/mol. The zero-order valence-electron chi connectivity index (χ0n) is 14.9. The molecule has 0 amide bonds. The molecule has 0 unspecified atom stereocenters. The minimum absolute atomic E-state index is 0.150. The molecule has 6 nitrogen and oxygen atoms in total. The summed E-state index contributed by atoms with van der Waals surface area (Å²) in [5.41, 5.74) is 2.52. The van der Waals surface area contributed by atoms with Gasteiger partial charge in [-0.3, -0.25) is 9.97 Å². The van der Waals surface area contributed by atoms with Crippen LogP contribution in [0.25, 0.3) is 33.7 Å². The number of hydrogen-bond donors (Lipinski definition) is 0. The van der Waals surface area contributed by atoms with Gasteiger partial charge in [0.25, 0.3) is 0 Å². The van der Waals surface area contributed by atoms with Crippen molar-refractivity contribution in [1.29, 1.82) is 0 Å². The van der Waals surface area contributed by atoms with E-state index in [1.54, 1.807) is 12.3 Å². The predicted octanol–water partition coefficient (Wildman–Crippen LogP) is 4.97. The highest BCUT2D eigenvalue weighted by atomic mass is 19.4. The summed E-state index contributed by atoms with van der Waals surface area (Å²) in [4.78, 5) is 12.2. The fraction of sp³-hybridized carbons (Fsp3) is 0.263. The summed E-state index contributed by atoms with van der Waals surface area (Å²) >= 11 is 0. The molecule has 0 aliphatic rings. The fourth-order valence-corrected chi connectivity index (χ4v) is 2.92. The van der Waals surface area contributed by atoms with E-state index < -0.39 is 12.1 Å². The molecular weight excluding hydrogens is 371 g/mol. The van der Waals surface area contributed by atoms with Gasteiger partial charge in [0.1, 0.15) is 0 Å². The lowest BCUT2D eigenvalue weighted by Crippen LogP contribution is -2.04. The second kappa shape index (κ2) is 7.06. The monoisotopic (exact) mass is 387 g/mol. The summed E-state index contributed by atoms with van der Waals surface area (Å²) < 4.78 is 44.5. The molecule has 4 heterocycles. The van der Waals surface area contributed by atoms with Gasteiger partial charge < -0.3 is 9.09 Å². The molecule has 0 saturated carbocycles. The van der Waals surface area contributed by atoms with Crippen LogP contribution in [-0.2, 0) is 12.7 Å². The lowest BCUT2D eigenvalue weighted by atomic mass is 10.1. The van der Waals surface area contributed by atoms with Crippen molar-refractivity contribution in [1.82, 2.24) is 24.7 Å². The van der Waals surface area contributed by atoms with Crippen LogP contribution < -0.4 is 0 Å². The molecule has 0 aromatic carbocycles. The largest absolute Gasteiger partial charge is 0.471 e. The van der Waals surface area contributed by atoms with Gasteiger partial charge in [0, 0.05) is 29.9 Å². The van der Waals surface area contributed by atoms with Crippen molar-refractivity contribution in [2.24, 2.45) is 0 Å². The first-order valence-electron chi connectivity index (χ1n) is 8.78. The quantitative estimate of drug-likeness (QED) is 0.484. The Labute approximate surface area is 158 Å². The van der Waals surface area contributed by atoms with Gasteiger partial charge in [0.05, 0.1) is 23.1 Å². The van der Waals surface area contributed by atoms with E-state index in [-0.39, 0.29) is 5.82 Å². The maximum absolute atomic E-state index is 12.7. The summed E-state index contributed by atoms with van der Waals surface area (Å²) in [5, 5.41) is 4.43. The van der Waals surface area contributed by atoms with Crippen molar-refractivity contribution in [3.05, 3.63) is 48.7 Å². The molecule has 0 saturated heterocycles. The van der Waals surface area contributed by atoms with E-state index in [9.17, 15) is 13.2 Å². The third-order valence-corrected chi connectivity index (χ3v) is 4.36. The van der Waals surface area contributed by atoms with E-state index in [2.05, 4.69) is 36.1 Å². The number of pyridine rings is 2. The molecule has 0 bridgehead atoms. The van der Waals surface area contributed by atoms with Crippen LogP contribution in [0.2, 0.25) is 0 Å². The number of fused-ring (bicyclic) bond motifs is 1. The second-order valence-electron chi connectivity index (χ2n) is 6.34. The Morgan fingerprint density at radius 3 is 2.68 bits per heavy atom. The Hall–Kier alpha value is -3.23. The summed E-state index contributed by atoms with van der Waals surface area (Å²) in [6.07, 6.45) is 2.79. The molecule has 144 valence electrons. The number of nitrogens with zero attached hydrogens (tertiary/aromatic N) is 5. The number of alkyl halides is 3. The van der Waals surface area contributed by atoms with Crippen LogP contribution in [0.1, 0.15) is 25.7 Å². The van der Waals surface area contributed by atoms with Gasteiger partial charge in [-0.2, -0.15) is 18.2 Å². The highest BCUT2D eigenvalue weighted by molar-refractivity contribution is 5.83. The minimum Gasteiger partial charge on any atom is -0.346 e. The van der Waals surface area contributed by atoms with Crippen molar-refractivity contribution >= 4 is 10.9 Å². The van der Waals surface area contributed by atoms with Crippen molar-refractivity contribution in [2.45, 2.75) is 32.5 Å². The lowest BCUT2D eigenvalue weighted by molar-refractivity contribution is -0.159. The third kappa shape index (κ3) is 3.47. The number of hydrogen-bond acceptors (Lipinski definition) is 5. The Kier molecular flexibility index (Phi) is 4.58. The van der Waals surface area contributed by atoms with Crippen LogP contribution >= 0.6 is 0 Å². The molecule has 0 radical (unpaired) electrons. The summed E-state index contributed by atoms with van der Waals surface area (Å²) in [6, 6.07) is 7.03. The van der Waals surface area contributed by atoms with Gasteiger partial charge in [-0.1, -0.05) is 18.5 Å². The Balaban J connectivity index is 1.66. The van der Waals surface area contributed by atoms with Crippen LogP contribution in [0.4, 0.5) is 13.2 Å². The molecule has 4 aromatic rings. The zero-order chi connectivity index (χ0) is 19.7. The lowest BCUT2D eigenvalue weighted by Gasteiger charge is -2.05. The molecule has 0 fully saturated rings. The van der Waals surface area contributed by atoms with E-state index in [1.165, 1.54) is 12.3 Å². The number of rotatable bonds is 5. The number of halogens is 3. The molecular formula is C19H16F3N5O. The maximum atomic E-state index is 12.7. The second-order valence-corrected chi connectivity index (χ2v) is 6.34. The molecule has 0 N–H and O–H groups in total. The normalized spacial score (nSPS) is 12.0. The standard InChI is InChI=1S/C19H16F3N5O/c1-2-3-7-27-8-5-12-9-15(24-11-16(12)27)14-10-13(4-6-23-14)17-25-18(28-26-17)19(20,21)22/h4-6,8-11H,2-3,7H2,1H3. The van der Waals surface area contributed by atoms with E-state index in [1.807, 2.05) is 18.3 Å². The fourth-order valence-electron chi connectivity index (χ4n) is 2.92. The van der Waals surface area contributed by atoms with Crippen molar-refractivity contribution in [3.63, 3.8) is 0 Å². The Morgan fingerprint density at radius 2 is 1.93 bits per heavy atom. The number of unbranched alkanes of at least 4 members (excludes halogenated alkanes) is 1. The first-order valence-corrected chi connectivity index (χ1v) is 8.78. The van der Waals surface area contributed by atoms with Crippen molar-refractivity contribution in [3.8, 4) is 22.8 Å². The zero-order valence-corrected chi connectivity index (χ0v) is 14.9. The van der Waals surface area contributed by atoms with Crippen LogP contribution in [-0.4, -0.2) is 24.7 Å². The Bertz CT molecular complexity index is 1120. The molecule has 0 spiro atoms. The van der Waals surface area contributed by atoms with Crippen molar-refractivity contribution in [2.75, 3.05) is 0 Å². The minimum atomic E-state index is -4.68. The van der Waals surface area contributed by atoms with Gasteiger partial charge >= 0.3 is 12.1 Å². The first-order chi connectivity index (χ1) is 13.5. The first kappa shape index (κ1) is 18.1. The van der Waals surface area contributed by atoms with Crippen LogP contribution in [0.3, 0.4) is 0 Å². The van der Waals surface area contributed by atoms with Gasteiger partial charge in [-0.05, 0) is 30.7 Å². The van der Waals surface area contributed by atoms with Gasteiger partial charge in [-0.25, -0.2) is 0 Å². The molecule has 4 rings (SSSR count). The van der Waals surface area contributed by atoms with Crippen LogP contribution in [0, 0.1) is 0 Å². The smallest absolute Gasteiger partial charge is 0.346 e. The van der Waals surface area contributed by atoms with Crippen LogP contribution in [0.5, 0.6) is 0 Å². The topological polar surface area (TPSA) is 69.6 Å². The average Bonchev–Trinajstić information content (AvgIpc) is 3.33. The number of aryl methyl sites for hydroxylation is 1. The molecule has 0 atom stereocenters. The van der Waals surface area contributed by atoms with Crippen molar-refractivity contribution < 1.29 is 17.7 Å². The van der Waals surface area contributed by atoms with Gasteiger partial charge in [0.2, 0.25) is 5.82 Å². The summed E-state index contributed by atoms with van der Waals surface area (Å²) in [6.45, 7) is 3.07. The third-order valence-electron chi connectivity index (χ3n) is 4.36. The van der Waals surface area contributed by atoms with Crippen LogP contribution in [0.15, 0.2) is 47.4 Å². The molecule has 4 aromatic heterocycles. The van der Waals surface area contributed by atoms with Gasteiger partial charge in [-0.15, -0.1) is 0 Å². The van der Waals surface area contributed by atoms with E-state index >= 15 is 0 Å². The highest BCUT2D eigenvalue weighted by Gasteiger charge is 2.38. The highest BCUT2D eigenvalue weighted by Crippen LogP contribution is 2.30. The summed E-state index contributed by atoms with van der Waals surface area (Å²) in [5.74, 6) is -1.53. The number of aromatic nitrogens is 5. The van der Waals surface area contributed by atoms with E-state index in [0.717, 1.165) is 30.3 Å².